The summed E-state index contributed by atoms with van der Waals surface area (Å²) in [6.07, 6.45) is 5.04. The number of nitrogens with two attached hydrogens (primary N) is 1. The number of nitrogens with zero attached hydrogens (tertiary/aromatic N) is 1. The Labute approximate surface area is 79.3 Å². The molecule has 2 fully saturated rings. The van der Waals surface area contributed by atoms with Gasteiger partial charge in [-0.15, -0.1) is 0 Å². The van der Waals surface area contributed by atoms with Crippen LogP contribution in [0.5, 0.6) is 0 Å². The van der Waals surface area contributed by atoms with Gasteiger partial charge in [0.25, 0.3) is 0 Å². The Morgan fingerprint density at radius 1 is 1.54 bits per heavy atom. The fourth-order valence-electron chi connectivity index (χ4n) is 2.74. The number of carbonyl (C=O) groups is 1. The highest BCUT2D eigenvalue weighted by molar-refractivity contribution is 5.72. The van der Waals surface area contributed by atoms with E-state index in [1.54, 1.807) is 0 Å². The molecule has 2 amide bonds. The van der Waals surface area contributed by atoms with Crippen LogP contribution in [0.4, 0.5) is 4.79 Å². The third kappa shape index (κ3) is 1.30. The Hall–Kier alpha value is -0.730. The lowest BCUT2D eigenvalue weighted by Gasteiger charge is -2.52. The van der Waals surface area contributed by atoms with Gasteiger partial charge in [-0.25, -0.2) is 4.79 Å². The number of rotatable bonds is 0. The van der Waals surface area contributed by atoms with Crippen molar-refractivity contribution in [1.29, 1.82) is 0 Å². The van der Waals surface area contributed by atoms with Crippen LogP contribution in [0.1, 0.15) is 32.6 Å². The molecule has 1 aliphatic heterocycles. The third-order valence-electron chi connectivity index (χ3n) is 4.04. The number of primary amides is 1. The molecule has 74 valence electrons. The molecule has 1 saturated carbocycles. The Balaban J connectivity index is 2.05. The van der Waals surface area contributed by atoms with Crippen molar-refractivity contribution in [3.63, 3.8) is 0 Å². The molecule has 3 heteroatoms. The van der Waals surface area contributed by atoms with E-state index in [4.69, 9.17) is 5.73 Å². The van der Waals surface area contributed by atoms with Crippen molar-refractivity contribution >= 4 is 6.03 Å². The minimum absolute atomic E-state index is 0.238. The van der Waals surface area contributed by atoms with Crippen molar-refractivity contribution in [2.45, 2.75) is 32.6 Å². The predicted octanol–water partition coefficient (Wildman–Crippen LogP) is 1.58. The smallest absolute Gasteiger partial charge is 0.314 e. The maximum Gasteiger partial charge on any atom is 0.314 e. The zero-order valence-corrected chi connectivity index (χ0v) is 8.25. The molecule has 0 aromatic carbocycles. The first-order valence-corrected chi connectivity index (χ1v) is 5.18. The van der Waals surface area contributed by atoms with Crippen LogP contribution < -0.4 is 5.73 Å². The van der Waals surface area contributed by atoms with Crippen LogP contribution in [0.3, 0.4) is 0 Å². The number of hydrogen-bond acceptors (Lipinski definition) is 1. The van der Waals surface area contributed by atoms with E-state index in [1.807, 2.05) is 4.90 Å². The van der Waals surface area contributed by atoms with Crippen LogP contribution in [0.2, 0.25) is 0 Å². The Morgan fingerprint density at radius 2 is 2.23 bits per heavy atom. The number of likely N-dealkylation sites (tertiary alicyclic amines) is 1. The number of urea groups is 1. The molecule has 1 unspecified atom stereocenters. The normalized spacial score (nSPS) is 31.5. The summed E-state index contributed by atoms with van der Waals surface area (Å²) in [5, 5.41) is 0. The van der Waals surface area contributed by atoms with E-state index in [9.17, 15) is 4.79 Å². The van der Waals surface area contributed by atoms with Crippen molar-refractivity contribution in [3.8, 4) is 0 Å². The lowest BCUT2D eigenvalue weighted by atomic mass is 9.59. The summed E-state index contributed by atoms with van der Waals surface area (Å²) in [6.45, 7) is 4.08. The second-order valence-electron chi connectivity index (χ2n) is 4.67. The third-order valence-corrected chi connectivity index (χ3v) is 4.04. The number of carbonyl (C=O) groups excluding carboxylic acids is 1. The molecule has 1 spiro atoms. The Bertz CT molecular complexity index is 223. The number of hydrogen-bond donors (Lipinski definition) is 1. The van der Waals surface area contributed by atoms with Crippen LogP contribution in [0, 0.1) is 11.3 Å². The highest BCUT2D eigenvalue weighted by Crippen LogP contribution is 2.50. The van der Waals surface area contributed by atoms with Gasteiger partial charge in [-0.1, -0.05) is 13.3 Å². The van der Waals surface area contributed by atoms with Crippen LogP contribution >= 0.6 is 0 Å². The molecule has 1 heterocycles. The molecule has 2 N–H and O–H groups in total. The summed E-state index contributed by atoms with van der Waals surface area (Å²) in [7, 11) is 0. The lowest BCUT2D eigenvalue weighted by Crippen LogP contribution is -2.54. The van der Waals surface area contributed by atoms with Gasteiger partial charge in [0.2, 0.25) is 0 Å². The molecule has 0 radical (unpaired) electrons. The Morgan fingerprint density at radius 3 is 2.69 bits per heavy atom. The maximum absolute atomic E-state index is 11.0. The lowest BCUT2D eigenvalue weighted by molar-refractivity contribution is -0.0115. The zero-order chi connectivity index (χ0) is 9.47. The SMILES string of the molecule is CC1CCN(C(N)=O)CC12CCC2. The van der Waals surface area contributed by atoms with Crippen LogP contribution in [0.15, 0.2) is 0 Å². The fourth-order valence-corrected chi connectivity index (χ4v) is 2.74. The van der Waals surface area contributed by atoms with E-state index in [-0.39, 0.29) is 6.03 Å². The molecule has 1 aliphatic carbocycles. The van der Waals surface area contributed by atoms with Gasteiger partial charge in [0, 0.05) is 13.1 Å². The minimum Gasteiger partial charge on any atom is -0.351 e. The first-order chi connectivity index (χ1) is 6.14. The molecule has 0 aromatic heterocycles. The van der Waals surface area contributed by atoms with Crippen molar-refractivity contribution in [2.75, 3.05) is 13.1 Å². The van der Waals surface area contributed by atoms with Gasteiger partial charge in [0.1, 0.15) is 0 Å². The van der Waals surface area contributed by atoms with Gasteiger partial charge < -0.3 is 10.6 Å². The molecule has 13 heavy (non-hydrogen) atoms. The van der Waals surface area contributed by atoms with Crippen molar-refractivity contribution in [2.24, 2.45) is 17.1 Å². The van der Waals surface area contributed by atoms with Gasteiger partial charge in [0.15, 0.2) is 0 Å². The van der Waals surface area contributed by atoms with Gasteiger partial charge >= 0.3 is 6.03 Å². The average Bonchev–Trinajstić information content (AvgIpc) is 2.02. The van der Waals surface area contributed by atoms with E-state index in [0.717, 1.165) is 25.4 Å². The number of amides is 2. The van der Waals surface area contributed by atoms with E-state index in [1.165, 1.54) is 19.3 Å². The standard InChI is InChI=1S/C10H18N2O/c1-8-3-6-12(9(11)13)7-10(8)4-2-5-10/h8H,2-7H2,1H3,(H2,11,13). The molecular weight excluding hydrogens is 164 g/mol. The van der Waals surface area contributed by atoms with E-state index in [0.29, 0.717) is 5.41 Å². The summed E-state index contributed by atoms with van der Waals surface area (Å²) in [5.74, 6) is 0.775. The van der Waals surface area contributed by atoms with Crippen LogP contribution in [-0.2, 0) is 0 Å². The molecule has 2 rings (SSSR count). The first-order valence-electron chi connectivity index (χ1n) is 5.18. The van der Waals surface area contributed by atoms with Crippen molar-refractivity contribution in [3.05, 3.63) is 0 Å². The summed E-state index contributed by atoms with van der Waals surface area (Å²) in [5.41, 5.74) is 5.74. The molecule has 0 bridgehead atoms. The summed E-state index contributed by atoms with van der Waals surface area (Å²) < 4.78 is 0. The summed E-state index contributed by atoms with van der Waals surface area (Å²) in [4.78, 5) is 12.9. The van der Waals surface area contributed by atoms with E-state index < -0.39 is 0 Å². The van der Waals surface area contributed by atoms with Crippen LogP contribution in [0.25, 0.3) is 0 Å². The van der Waals surface area contributed by atoms with Gasteiger partial charge in [-0.2, -0.15) is 0 Å². The fraction of sp³-hybridized carbons (Fsp3) is 0.900. The highest BCUT2D eigenvalue weighted by atomic mass is 16.2. The summed E-state index contributed by atoms with van der Waals surface area (Å²) in [6, 6.07) is -0.238. The second kappa shape index (κ2) is 2.89. The molecule has 3 nitrogen and oxygen atoms in total. The molecule has 1 saturated heterocycles. The topological polar surface area (TPSA) is 46.3 Å². The zero-order valence-electron chi connectivity index (χ0n) is 8.25. The maximum atomic E-state index is 11.0. The average molecular weight is 182 g/mol. The van der Waals surface area contributed by atoms with Gasteiger partial charge in [0.05, 0.1) is 0 Å². The second-order valence-corrected chi connectivity index (χ2v) is 4.67. The van der Waals surface area contributed by atoms with Gasteiger partial charge in [-0.05, 0) is 30.6 Å². The van der Waals surface area contributed by atoms with Crippen molar-refractivity contribution in [1.82, 2.24) is 4.90 Å². The summed E-state index contributed by atoms with van der Waals surface area (Å²) >= 11 is 0. The predicted molar refractivity (Wildman–Crippen MR) is 51.2 cm³/mol. The first kappa shape index (κ1) is 8.85. The monoisotopic (exact) mass is 182 g/mol. The quantitative estimate of drug-likeness (QED) is 0.607. The minimum atomic E-state index is -0.238. The van der Waals surface area contributed by atoms with Gasteiger partial charge in [-0.3, -0.25) is 0 Å². The molecular formula is C10H18N2O. The van der Waals surface area contributed by atoms with Crippen LogP contribution in [-0.4, -0.2) is 24.0 Å². The van der Waals surface area contributed by atoms with E-state index in [2.05, 4.69) is 6.92 Å². The molecule has 1 atom stereocenters. The van der Waals surface area contributed by atoms with E-state index >= 15 is 0 Å². The number of piperidine rings is 1. The van der Waals surface area contributed by atoms with Crippen molar-refractivity contribution < 1.29 is 4.79 Å². The Kier molecular flexibility index (Phi) is 1.97. The molecule has 0 aromatic rings. The molecule has 2 aliphatic rings. The largest absolute Gasteiger partial charge is 0.351 e. The highest BCUT2D eigenvalue weighted by Gasteiger charge is 2.45.